The van der Waals surface area contributed by atoms with Crippen molar-refractivity contribution in [1.82, 2.24) is 4.98 Å². The molecule has 1 aromatic carbocycles. The molecule has 3 nitrogen and oxygen atoms in total. The Morgan fingerprint density at radius 1 is 1.22 bits per heavy atom. The highest BCUT2D eigenvalue weighted by atomic mass is 16.5. The van der Waals surface area contributed by atoms with Crippen molar-refractivity contribution < 1.29 is 9.84 Å². The maximum atomic E-state index is 9.41. The van der Waals surface area contributed by atoms with Crippen LogP contribution < -0.4 is 4.74 Å². The SMILES string of the molecule is CCc1ccccc1Oc1ccc(C(C)O)cn1. The van der Waals surface area contributed by atoms with Crippen LogP contribution >= 0.6 is 0 Å². The molecule has 1 atom stereocenters. The van der Waals surface area contributed by atoms with Gasteiger partial charge in [0.15, 0.2) is 0 Å². The number of aliphatic hydroxyl groups excluding tert-OH is 1. The van der Waals surface area contributed by atoms with Crippen molar-refractivity contribution in [2.75, 3.05) is 0 Å². The van der Waals surface area contributed by atoms with Crippen LogP contribution in [0.3, 0.4) is 0 Å². The molecule has 0 amide bonds. The number of benzene rings is 1. The average Bonchev–Trinajstić information content (AvgIpc) is 2.40. The molecule has 2 rings (SSSR count). The van der Waals surface area contributed by atoms with Gasteiger partial charge in [-0.3, -0.25) is 0 Å². The second-order valence-electron chi connectivity index (χ2n) is 4.17. The Morgan fingerprint density at radius 3 is 2.61 bits per heavy atom. The molecule has 0 saturated carbocycles. The number of aryl methyl sites for hydroxylation is 1. The quantitative estimate of drug-likeness (QED) is 0.893. The zero-order valence-electron chi connectivity index (χ0n) is 10.6. The molecule has 0 bridgehead atoms. The highest BCUT2D eigenvalue weighted by Crippen LogP contribution is 2.24. The summed E-state index contributed by atoms with van der Waals surface area (Å²) in [6.45, 7) is 3.80. The Labute approximate surface area is 107 Å². The molecular formula is C15H17NO2. The Kier molecular flexibility index (Phi) is 3.95. The van der Waals surface area contributed by atoms with Gasteiger partial charge in [0.05, 0.1) is 6.10 Å². The van der Waals surface area contributed by atoms with E-state index in [9.17, 15) is 5.11 Å². The molecular weight excluding hydrogens is 226 g/mol. The second kappa shape index (κ2) is 5.65. The summed E-state index contributed by atoms with van der Waals surface area (Å²) in [5.74, 6) is 1.37. The van der Waals surface area contributed by atoms with Crippen LogP contribution in [0.25, 0.3) is 0 Å². The summed E-state index contributed by atoms with van der Waals surface area (Å²) >= 11 is 0. The van der Waals surface area contributed by atoms with E-state index in [2.05, 4.69) is 11.9 Å². The van der Waals surface area contributed by atoms with E-state index in [1.54, 1.807) is 19.2 Å². The fourth-order valence-corrected chi connectivity index (χ4v) is 1.71. The number of rotatable bonds is 4. The van der Waals surface area contributed by atoms with Crippen LogP contribution in [-0.4, -0.2) is 10.1 Å². The summed E-state index contributed by atoms with van der Waals surface area (Å²) in [5, 5.41) is 9.41. The van der Waals surface area contributed by atoms with Gasteiger partial charge in [-0.25, -0.2) is 4.98 Å². The van der Waals surface area contributed by atoms with E-state index in [4.69, 9.17) is 4.74 Å². The minimum atomic E-state index is -0.505. The Bertz CT molecular complexity index is 506. The van der Waals surface area contributed by atoms with Crippen LogP contribution in [0.2, 0.25) is 0 Å². The first-order valence-electron chi connectivity index (χ1n) is 6.10. The van der Waals surface area contributed by atoms with Crippen molar-refractivity contribution in [1.29, 1.82) is 0 Å². The zero-order chi connectivity index (χ0) is 13.0. The molecule has 1 unspecified atom stereocenters. The van der Waals surface area contributed by atoms with E-state index < -0.39 is 6.10 Å². The molecule has 0 aliphatic heterocycles. The van der Waals surface area contributed by atoms with E-state index in [0.29, 0.717) is 5.88 Å². The van der Waals surface area contributed by atoms with Crippen molar-refractivity contribution >= 4 is 0 Å². The summed E-state index contributed by atoms with van der Waals surface area (Å²) in [4.78, 5) is 4.19. The minimum Gasteiger partial charge on any atom is -0.439 e. The van der Waals surface area contributed by atoms with Crippen molar-refractivity contribution in [2.24, 2.45) is 0 Å². The molecule has 94 valence electrons. The van der Waals surface area contributed by atoms with Gasteiger partial charge in [-0.1, -0.05) is 25.1 Å². The first-order valence-corrected chi connectivity index (χ1v) is 6.10. The molecule has 2 aromatic rings. The van der Waals surface area contributed by atoms with Crippen LogP contribution in [0.5, 0.6) is 11.6 Å². The molecule has 0 aliphatic carbocycles. The number of aliphatic hydroxyl groups is 1. The minimum absolute atomic E-state index is 0.505. The second-order valence-corrected chi connectivity index (χ2v) is 4.17. The van der Waals surface area contributed by atoms with Crippen molar-refractivity contribution in [3.8, 4) is 11.6 Å². The van der Waals surface area contributed by atoms with Gasteiger partial charge < -0.3 is 9.84 Å². The number of ether oxygens (including phenoxy) is 1. The fraction of sp³-hybridized carbons (Fsp3) is 0.267. The van der Waals surface area contributed by atoms with Crippen LogP contribution in [0.1, 0.15) is 31.1 Å². The van der Waals surface area contributed by atoms with Crippen LogP contribution in [-0.2, 0) is 6.42 Å². The van der Waals surface area contributed by atoms with E-state index in [1.165, 1.54) is 0 Å². The monoisotopic (exact) mass is 243 g/mol. The number of pyridine rings is 1. The summed E-state index contributed by atoms with van der Waals surface area (Å²) in [6, 6.07) is 11.5. The molecule has 18 heavy (non-hydrogen) atoms. The highest BCUT2D eigenvalue weighted by Gasteiger charge is 2.05. The molecule has 1 N–H and O–H groups in total. The normalized spacial score (nSPS) is 12.2. The van der Waals surface area contributed by atoms with Gasteiger partial charge in [-0.15, -0.1) is 0 Å². The predicted octanol–water partition coefficient (Wildman–Crippen LogP) is 3.49. The van der Waals surface area contributed by atoms with Gasteiger partial charge in [-0.05, 0) is 36.6 Å². The molecule has 1 heterocycles. The molecule has 0 radical (unpaired) electrons. The largest absolute Gasteiger partial charge is 0.439 e. The Balaban J connectivity index is 2.18. The van der Waals surface area contributed by atoms with Crippen molar-refractivity contribution in [3.63, 3.8) is 0 Å². The van der Waals surface area contributed by atoms with E-state index in [1.807, 2.05) is 30.3 Å². The van der Waals surface area contributed by atoms with Gasteiger partial charge >= 0.3 is 0 Å². The summed E-state index contributed by atoms with van der Waals surface area (Å²) in [6.07, 6.45) is 2.05. The van der Waals surface area contributed by atoms with Crippen molar-refractivity contribution in [2.45, 2.75) is 26.4 Å². The molecule has 0 spiro atoms. The average molecular weight is 243 g/mol. The van der Waals surface area contributed by atoms with Gasteiger partial charge in [0.2, 0.25) is 5.88 Å². The third kappa shape index (κ3) is 2.87. The Hall–Kier alpha value is -1.87. The lowest BCUT2D eigenvalue weighted by molar-refractivity contribution is 0.198. The Morgan fingerprint density at radius 2 is 2.00 bits per heavy atom. The first kappa shape index (κ1) is 12.6. The highest BCUT2D eigenvalue weighted by molar-refractivity contribution is 5.36. The lowest BCUT2D eigenvalue weighted by Crippen LogP contribution is -1.95. The number of aromatic nitrogens is 1. The molecule has 0 aliphatic rings. The topological polar surface area (TPSA) is 42.4 Å². The molecule has 1 aromatic heterocycles. The maximum absolute atomic E-state index is 9.41. The number of hydrogen-bond donors (Lipinski definition) is 1. The summed E-state index contributed by atoms with van der Waals surface area (Å²) in [5.41, 5.74) is 1.94. The maximum Gasteiger partial charge on any atom is 0.219 e. The van der Waals surface area contributed by atoms with Crippen LogP contribution in [0.4, 0.5) is 0 Å². The van der Waals surface area contributed by atoms with E-state index in [-0.39, 0.29) is 0 Å². The lowest BCUT2D eigenvalue weighted by atomic mass is 10.1. The molecule has 0 fully saturated rings. The van der Waals surface area contributed by atoms with Gasteiger partial charge in [-0.2, -0.15) is 0 Å². The number of hydrogen-bond acceptors (Lipinski definition) is 3. The molecule has 0 saturated heterocycles. The van der Waals surface area contributed by atoms with E-state index in [0.717, 1.165) is 23.3 Å². The van der Waals surface area contributed by atoms with Crippen LogP contribution in [0.15, 0.2) is 42.6 Å². The van der Waals surface area contributed by atoms with E-state index >= 15 is 0 Å². The summed E-state index contributed by atoms with van der Waals surface area (Å²) in [7, 11) is 0. The first-order chi connectivity index (χ1) is 8.70. The third-order valence-electron chi connectivity index (χ3n) is 2.81. The standard InChI is InChI=1S/C15H17NO2/c1-3-12-6-4-5-7-14(12)18-15-9-8-13(10-16-15)11(2)17/h4-11,17H,3H2,1-2H3. The van der Waals surface area contributed by atoms with Gasteiger partial charge in [0.25, 0.3) is 0 Å². The molecule has 3 heteroatoms. The van der Waals surface area contributed by atoms with Gasteiger partial charge in [0, 0.05) is 12.3 Å². The fourth-order valence-electron chi connectivity index (χ4n) is 1.71. The number of para-hydroxylation sites is 1. The lowest BCUT2D eigenvalue weighted by Gasteiger charge is -2.10. The number of nitrogens with zero attached hydrogens (tertiary/aromatic N) is 1. The van der Waals surface area contributed by atoms with Crippen molar-refractivity contribution in [3.05, 3.63) is 53.7 Å². The predicted molar refractivity (Wildman–Crippen MR) is 70.8 cm³/mol. The summed E-state index contributed by atoms with van der Waals surface area (Å²) < 4.78 is 5.74. The van der Waals surface area contributed by atoms with Gasteiger partial charge in [0.1, 0.15) is 5.75 Å². The smallest absolute Gasteiger partial charge is 0.219 e. The zero-order valence-corrected chi connectivity index (χ0v) is 10.6. The van der Waals surface area contributed by atoms with Crippen LogP contribution in [0, 0.1) is 0 Å². The third-order valence-corrected chi connectivity index (χ3v) is 2.81.